The average Bonchev–Trinajstić information content (AvgIpc) is 3.04. The topological polar surface area (TPSA) is 33.6 Å². The van der Waals surface area contributed by atoms with Crippen molar-refractivity contribution in [1.29, 1.82) is 0 Å². The van der Waals surface area contributed by atoms with Crippen LogP contribution in [0.2, 0.25) is 0 Å². The number of rotatable bonds is 3. The van der Waals surface area contributed by atoms with E-state index in [4.69, 9.17) is 9.84 Å². The lowest BCUT2D eigenvalue weighted by atomic mass is 9.50. The predicted octanol–water partition coefficient (Wildman–Crippen LogP) is 4.56. The molecule has 0 saturated heterocycles. The highest BCUT2D eigenvalue weighted by Crippen LogP contribution is 2.62. The molecule has 4 heteroatoms. The van der Waals surface area contributed by atoms with Crippen LogP contribution in [-0.4, -0.2) is 12.2 Å². The van der Waals surface area contributed by atoms with Gasteiger partial charge in [-0.2, -0.15) is 5.10 Å². The molecule has 1 heterocycles. The number of hydrogen-bond donors (Lipinski definition) is 1. The van der Waals surface area contributed by atoms with E-state index in [0.29, 0.717) is 5.41 Å². The molecule has 1 aromatic rings. The number of thioether (sulfide) groups is 1. The molecular formula is C19H24N2OS. The maximum Gasteiger partial charge on any atom is 0.120 e. The molecule has 1 aliphatic heterocycles. The second-order valence-electron chi connectivity index (χ2n) is 8.01. The average molecular weight is 328 g/mol. The van der Waals surface area contributed by atoms with Crippen molar-refractivity contribution in [2.45, 2.75) is 43.9 Å². The summed E-state index contributed by atoms with van der Waals surface area (Å²) in [4.78, 5) is 0. The molecular weight excluding hydrogens is 304 g/mol. The van der Waals surface area contributed by atoms with Crippen molar-refractivity contribution < 1.29 is 4.74 Å². The molecule has 4 saturated carbocycles. The third-order valence-corrected chi connectivity index (χ3v) is 7.78. The number of hydrazone groups is 1. The Hall–Kier alpha value is -1.16. The molecule has 4 aliphatic carbocycles. The monoisotopic (exact) mass is 328 g/mol. The zero-order valence-corrected chi connectivity index (χ0v) is 14.4. The van der Waals surface area contributed by atoms with E-state index in [0.717, 1.165) is 23.5 Å². The Morgan fingerprint density at radius 2 is 1.65 bits per heavy atom. The molecule has 3 nitrogen and oxygen atoms in total. The first kappa shape index (κ1) is 14.2. The quantitative estimate of drug-likeness (QED) is 0.883. The maximum absolute atomic E-state index is 5.26. The lowest BCUT2D eigenvalue weighted by molar-refractivity contribution is -0.0106. The highest BCUT2D eigenvalue weighted by Gasteiger charge is 2.54. The molecule has 23 heavy (non-hydrogen) atoms. The van der Waals surface area contributed by atoms with Crippen molar-refractivity contribution in [3.05, 3.63) is 29.8 Å². The molecule has 1 N–H and O–H groups in total. The summed E-state index contributed by atoms with van der Waals surface area (Å²) in [5, 5.41) is 6.49. The fourth-order valence-corrected chi connectivity index (χ4v) is 7.05. The minimum Gasteiger partial charge on any atom is -0.497 e. The number of nitrogens with one attached hydrogen (secondary N) is 1. The SMILES string of the molecule is COc1ccc([C@@H]2NN=C(C34CC5CC(CC(C5)C3)C4)S2)cc1. The van der Waals surface area contributed by atoms with Crippen LogP contribution in [-0.2, 0) is 0 Å². The normalized spacial score (nSPS) is 40.8. The van der Waals surface area contributed by atoms with Crippen molar-refractivity contribution in [2.75, 3.05) is 7.11 Å². The second kappa shape index (κ2) is 5.17. The van der Waals surface area contributed by atoms with Gasteiger partial charge in [-0.25, -0.2) is 0 Å². The van der Waals surface area contributed by atoms with Crippen LogP contribution in [0, 0.1) is 23.2 Å². The Morgan fingerprint density at radius 3 is 2.22 bits per heavy atom. The van der Waals surface area contributed by atoms with Crippen molar-refractivity contribution in [3.8, 4) is 5.75 Å². The molecule has 0 spiro atoms. The lowest BCUT2D eigenvalue weighted by Gasteiger charge is -2.56. The first-order valence-electron chi connectivity index (χ1n) is 8.88. The van der Waals surface area contributed by atoms with Gasteiger partial charge in [-0.05, 0) is 74.0 Å². The summed E-state index contributed by atoms with van der Waals surface area (Å²) in [6.45, 7) is 0. The molecule has 6 rings (SSSR count). The standard InChI is InChI=1S/C19H24N2OS/c1-22-16-4-2-15(3-5-16)17-20-21-18(23-17)19-9-12-6-13(10-19)8-14(7-12)11-19/h2-5,12-14,17,20H,6-11H2,1H3/t12?,13?,14?,17-,19?/m1/s1. The van der Waals surface area contributed by atoms with E-state index in [-0.39, 0.29) is 5.37 Å². The first-order chi connectivity index (χ1) is 11.2. The first-order valence-corrected chi connectivity index (χ1v) is 9.76. The Balaban J connectivity index is 1.35. The van der Waals surface area contributed by atoms with Gasteiger partial charge in [0, 0.05) is 5.41 Å². The third-order valence-electron chi connectivity index (χ3n) is 6.42. The van der Waals surface area contributed by atoms with Crippen molar-refractivity contribution in [2.24, 2.45) is 28.3 Å². The van der Waals surface area contributed by atoms with E-state index in [1.54, 1.807) is 7.11 Å². The van der Waals surface area contributed by atoms with Gasteiger partial charge in [0.15, 0.2) is 0 Å². The van der Waals surface area contributed by atoms with Crippen molar-refractivity contribution >= 4 is 16.8 Å². The summed E-state index contributed by atoms with van der Waals surface area (Å²) in [6.07, 6.45) is 8.65. The van der Waals surface area contributed by atoms with Gasteiger partial charge >= 0.3 is 0 Å². The highest BCUT2D eigenvalue weighted by molar-refractivity contribution is 8.14. The van der Waals surface area contributed by atoms with Crippen LogP contribution in [0.25, 0.3) is 0 Å². The molecule has 1 atom stereocenters. The summed E-state index contributed by atoms with van der Waals surface area (Å²) in [5.74, 6) is 3.85. The molecule has 0 amide bonds. The predicted molar refractivity (Wildman–Crippen MR) is 94.5 cm³/mol. The van der Waals surface area contributed by atoms with Crippen LogP contribution in [0.15, 0.2) is 29.4 Å². The number of methoxy groups -OCH3 is 1. The van der Waals surface area contributed by atoms with E-state index in [9.17, 15) is 0 Å². The number of benzene rings is 1. The molecule has 0 unspecified atom stereocenters. The minimum absolute atomic E-state index is 0.268. The highest BCUT2D eigenvalue weighted by atomic mass is 32.2. The summed E-state index contributed by atoms with van der Waals surface area (Å²) < 4.78 is 5.26. The zero-order valence-electron chi connectivity index (χ0n) is 13.6. The number of hydrogen-bond acceptors (Lipinski definition) is 4. The van der Waals surface area contributed by atoms with Gasteiger partial charge in [-0.1, -0.05) is 23.9 Å². The number of ether oxygens (including phenoxy) is 1. The Kier molecular flexibility index (Phi) is 3.19. The van der Waals surface area contributed by atoms with Crippen LogP contribution < -0.4 is 10.2 Å². The largest absolute Gasteiger partial charge is 0.497 e. The molecule has 122 valence electrons. The van der Waals surface area contributed by atoms with Gasteiger partial charge in [0.05, 0.1) is 7.11 Å². The van der Waals surface area contributed by atoms with E-state index < -0.39 is 0 Å². The van der Waals surface area contributed by atoms with Crippen LogP contribution >= 0.6 is 11.8 Å². The molecule has 0 aromatic heterocycles. The van der Waals surface area contributed by atoms with E-state index in [2.05, 4.69) is 17.6 Å². The van der Waals surface area contributed by atoms with E-state index in [1.165, 1.54) is 49.1 Å². The Labute approximate surface area is 142 Å². The van der Waals surface area contributed by atoms with Gasteiger partial charge in [-0.15, -0.1) is 0 Å². The zero-order chi connectivity index (χ0) is 15.4. The van der Waals surface area contributed by atoms with E-state index >= 15 is 0 Å². The molecule has 4 fully saturated rings. The third kappa shape index (κ3) is 2.29. The van der Waals surface area contributed by atoms with Crippen molar-refractivity contribution in [3.63, 3.8) is 0 Å². The van der Waals surface area contributed by atoms with Gasteiger partial charge in [-0.3, -0.25) is 5.43 Å². The van der Waals surface area contributed by atoms with Crippen LogP contribution in [0.1, 0.15) is 49.5 Å². The van der Waals surface area contributed by atoms with Gasteiger partial charge < -0.3 is 4.74 Å². The summed E-state index contributed by atoms with van der Waals surface area (Å²) in [5.41, 5.74) is 5.10. The summed E-state index contributed by atoms with van der Waals surface area (Å²) in [6, 6.07) is 8.39. The molecule has 0 radical (unpaired) electrons. The fraction of sp³-hybridized carbons (Fsp3) is 0.632. The van der Waals surface area contributed by atoms with Crippen LogP contribution in [0.4, 0.5) is 0 Å². The molecule has 4 bridgehead atoms. The van der Waals surface area contributed by atoms with Gasteiger partial charge in [0.1, 0.15) is 16.2 Å². The number of nitrogens with zero attached hydrogens (tertiary/aromatic N) is 1. The smallest absolute Gasteiger partial charge is 0.120 e. The molecule has 1 aromatic carbocycles. The summed E-state index contributed by atoms with van der Waals surface area (Å²) in [7, 11) is 1.71. The summed E-state index contributed by atoms with van der Waals surface area (Å²) >= 11 is 1.96. The van der Waals surface area contributed by atoms with Gasteiger partial charge in [0.2, 0.25) is 0 Å². The molecule has 5 aliphatic rings. The fourth-order valence-electron chi connectivity index (χ4n) is 5.82. The minimum atomic E-state index is 0.268. The Morgan fingerprint density at radius 1 is 1.04 bits per heavy atom. The van der Waals surface area contributed by atoms with Crippen LogP contribution in [0.5, 0.6) is 5.75 Å². The Bertz CT molecular complexity index is 604. The van der Waals surface area contributed by atoms with Crippen molar-refractivity contribution in [1.82, 2.24) is 5.43 Å². The van der Waals surface area contributed by atoms with Gasteiger partial charge in [0.25, 0.3) is 0 Å². The second-order valence-corrected chi connectivity index (χ2v) is 9.11. The van der Waals surface area contributed by atoms with Crippen LogP contribution in [0.3, 0.4) is 0 Å². The lowest BCUT2D eigenvalue weighted by Crippen LogP contribution is -2.49. The van der Waals surface area contributed by atoms with E-state index in [1.807, 2.05) is 23.9 Å². The maximum atomic E-state index is 5.26.